The second kappa shape index (κ2) is 9.43. The molecule has 1 aromatic carbocycles. The third kappa shape index (κ3) is 4.52. The van der Waals surface area contributed by atoms with Crippen molar-refractivity contribution in [3.63, 3.8) is 0 Å². The van der Waals surface area contributed by atoms with E-state index in [0.717, 1.165) is 36.4 Å². The fraction of sp³-hybridized carbons (Fsp3) is 0.250. The molecule has 164 valence electrons. The van der Waals surface area contributed by atoms with E-state index >= 15 is 0 Å². The lowest BCUT2D eigenvalue weighted by Crippen LogP contribution is -2.25. The Balaban J connectivity index is 1.44. The fourth-order valence-corrected chi connectivity index (χ4v) is 3.61. The normalized spacial score (nSPS) is 15.2. The van der Waals surface area contributed by atoms with Crippen LogP contribution in [0.25, 0.3) is 11.0 Å². The molecule has 8 heteroatoms. The topological polar surface area (TPSA) is 75.3 Å². The molecule has 0 aliphatic carbocycles. The van der Waals surface area contributed by atoms with E-state index in [1.54, 1.807) is 18.2 Å². The highest BCUT2D eigenvalue weighted by Gasteiger charge is 2.23. The number of ether oxygens (including phenoxy) is 2. The lowest BCUT2D eigenvalue weighted by atomic mass is 10.2. The van der Waals surface area contributed by atoms with Gasteiger partial charge in [0.1, 0.15) is 24.4 Å². The lowest BCUT2D eigenvalue weighted by molar-refractivity contribution is 0.313. The van der Waals surface area contributed by atoms with Crippen LogP contribution in [-0.4, -0.2) is 52.7 Å². The third-order valence-electron chi connectivity index (χ3n) is 5.26. The number of para-hydroxylation sites is 1. The lowest BCUT2D eigenvalue weighted by Gasteiger charge is -2.19. The van der Waals surface area contributed by atoms with Crippen molar-refractivity contribution in [3.8, 4) is 23.3 Å². The van der Waals surface area contributed by atoms with Gasteiger partial charge < -0.3 is 24.7 Å². The molecule has 32 heavy (non-hydrogen) atoms. The van der Waals surface area contributed by atoms with E-state index in [4.69, 9.17) is 9.47 Å². The summed E-state index contributed by atoms with van der Waals surface area (Å²) in [5.41, 5.74) is 2.28. The molecule has 0 bridgehead atoms. The second-order valence-electron chi connectivity index (χ2n) is 7.30. The quantitative estimate of drug-likeness (QED) is 0.437. The minimum absolute atomic E-state index is 0.00848. The Morgan fingerprint density at radius 1 is 1.44 bits per heavy atom. The number of rotatable bonds is 7. The van der Waals surface area contributed by atoms with Gasteiger partial charge in [0.2, 0.25) is 0 Å². The molecule has 1 atom stereocenters. The first-order valence-electron chi connectivity index (χ1n) is 10.2. The molecule has 4 rings (SSSR count). The van der Waals surface area contributed by atoms with Crippen molar-refractivity contribution in [2.75, 3.05) is 32.1 Å². The first-order chi connectivity index (χ1) is 15.6. The zero-order valence-electron chi connectivity index (χ0n) is 17.8. The Kier molecular flexibility index (Phi) is 6.26. The first kappa shape index (κ1) is 21.2. The van der Waals surface area contributed by atoms with Gasteiger partial charge in [0.25, 0.3) is 0 Å². The van der Waals surface area contributed by atoms with Gasteiger partial charge in [0, 0.05) is 24.8 Å². The van der Waals surface area contributed by atoms with Crippen LogP contribution in [0.1, 0.15) is 12.1 Å². The standard InChI is InChI=1S/C24H24FN5O2/c1-4-16(2)30-11-10-18(14-30)29-24-19-13-17(28-23(19)26-15-27-24)7-6-12-32-22-20(25)8-5-9-21(22)31-3/h4-5,8-9,13,15,18H,1-2,10-12,14H2,3H3,(H2,26,27,28,29)/t18-/m1/s1. The fourth-order valence-electron chi connectivity index (χ4n) is 3.61. The minimum atomic E-state index is -0.495. The number of methoxy groups -OCH3 is 1. The van der Waals surface area contributed by atoms with Gasteiger partial charge in [0.15, 0.2) is 17.3 Å². The number of nitrogens with one attached hydrogen (secondary N) is 2. The number of H-pyrrole nitrogens is 1. The molecule has 1 fully saturated rings. The van der Waals surface area contributed by atoms with Crippen molar-refractivity contribution in [1.82, 2.24) is 19.9 Å². The first-order valence-corrected chi connectivity index (χ1v) is 10.2. The van der Waals surface area contributed by atoms with Gasteiger partial charge in [0.05, 0.1) is 18.2 Å². The van der Waals surface area contributed by atoms with Gasteiger partial charge in [-0.2, -0.15) is 0 Å². The molecule has 0 radical (unpaired) electrons. The molecule has 1 aliphatic rings. The van der Waals surface area contributed by atoms with Gasteiger partial charge in [-0.3, -0.25) is 0 Å². The summed E-state index contributed by atoms with van der Waals surface area (Å²) in [7, 11) is 1.46. The third-order valence-corrected chi connectivity index (χ3v) is 5.26. The summed E-state index contributed by atoms with van der Waals surface area (Å²) in [6, 6.07) is 6.64. The summed E-state index contributed by atoms with van der Waals surface area (Å²) in [6.45, 7) is 9.57. The van der Waals surface area contributed by atoms with E-state index in [0.29, 0.717) is 17.1 Å². The maximum absolute atomic E-state index is 13.9. The van der Waals surface area contributed by atoms with E-state index in [9.17, 15) is 4.39 Å². The maximum Gasteiger partial charge on any atom is 0.198 e. The van der Waals surface area contributed by atoms with Crippen LogP contribution in [0.2, 0.25) is 0 Å². The van der Waals surface area contributed by atoms with E-state index in [2.05, 4.69) is 50.2 Å². The van der Waals surface area contributed by atoms with Crippen LogP contribution in [0.4, 0.5) is 10.2 Å². The number of anilines is 1. The summed E-state index contributed by atoms with van der Waals surface area (Å²) in [5.74, 6) is 6.50. The van der Waals surface area contributed by atoms with E-state index < -0.39 is 5.82 Å². The molecule has 0 unspecified atom stereocenters. The predicted molar refractivity (Wildman–Crippen MR) is 122 cm³/mol. The molecule has 2 N–H and O–H groups in total. The molecule has 1 aliphatic heterocycles. The summed E-state index contributed by atoms with van der Waals surface area (Å²) < 4.78 is 24.5. The largest absolute Gasteiger partial charge is 0.493 e. The van der Waals surface area contributed by atoms with Crippen LogP contribution in [0.3, 0.4) is 0 Å². The highest BCUT2D eigenvalue weighted by Crippen LogP contribution is 2.29. The molecular weight excluding hydrogens is 409 g/mol. The maximum atomic E-state index is 13.9. The molecular formula is C24H24FN5O2. The summed E-state index contributed by atoms with van der Waals surface area (Å²) in [5, 5.41) is 4.35. The van der Waals surface area contributed by atoms with Crippen LogP contribution in [0.5, 0.6) is 11.5 Å². The number of hydrogen-bond acceptors (Lipinski definition) is 6. The molecule has 3 heterocycles. The Bertz CT molecular complexity index is 1210. The van der Waals surface area contributed by atoms with Crippen molar-refractivity contribution in [1.29, 1.82) is 0 Å². The Morgan fingerprint density at radius 3 is 3.12 bits per heavy atom. The van der Waals surface area contributed by atoms with Crippen LogP contribution in [0.15, 0.2) is 55.5 Å². The SMILES string of the molecule is C=CC(=C)N1CC[C@@H](Nc2ncnc3[nH]c(C#CCOc4c(F)cccc4OC)cc23)C1. The van der Waals surface area contributed by atoms with Gasteiger partial charge >= 0.3 is 0 Å². The van der Waals surface area contributed by atoms with Gasteiger partial charge in [-0.15, -0.1) is 0 Å². The second-order valence-corrected chi connectivity index (χ2v) is 7.30. The highest BCUT2D eigenvalue weighted by molar-refractivity contribution is 5.88. The Labute approximate surface area is 186 Å². The number of nitrogens with zero attached hydrogens (tertiary/aromatic N) is 3. The Morgan fingerprint density at radius 2 is 2.31 bits per heavy atom. The molecule has 2 aromatic heterocycles. The van der Waals surface area contributed by atoms with Gasteiger partial charge in [-0.05, 0) is 36.6 Å². The number of aromatic amines is 1. The molecule has 7 nitrogen and oxygen atoms in total. The molecule has 0 spiro atoms. The molecule has 3 aromatic rings. The number of hydrogen-bond donors (Lipinski definition) is 2. The number of aromatic nitrogens is 3. The van der Waals surface area contributed by atoms with Crippen LogP contribution in [-0.2, 0) is 0 Å². The van der Waals surface area contributed by atoms with Gasteiger partial charge in [-0.1, -0.05) is 25.1 Å². The zero-order chi connectivity index (χ0) is 22.5. The number of fused-ring (bicyclic) bond motifs is 1. The predicted octanol–water partition coefficient (Wildman–Crippen LogP) is 3.72. The Hall–Kier alpha value is -3.99. The van der Waals surface area contributed by atoms with Crippen molar-refractivity contribution in [2.24, 2.45) is 0 Å². The number of likely N-dealkylation sites (tertiary alicyclic amines) is 1. The average Bonchev–Trinajstić information content (AvgIpc) is 3.44. The smallest absolute Gasteiger partial charge is 0.198 e. The van der Waals surface area contributed by atoms with Crippen LogP contribution >= 0.6 is 0 Å². The van der Waals surface area contributed by atoms with Crippen LogP contribution in [0, 0.1) is 17.7 Å². The number of benzene rings is 1. The highest BCUT2D eigenvalue weighted by atomic mass is 19.1. The molecule has 0 saturated carbocycles. The number of halogens is 1. The summed E-state index contributed by atoms with van der Waals surface area (Å²) in [4.78, 5) is 14.1. The van der Waals surface area contributed by atoms with Gasteiger partial charge in [-0.25, -0.2) is 14.4 Å². The van der Waals surface area contributed by atoms with E-state index in [1.807, 2.05) is 6.07 Å². The molecule has 0 amide bonds. The van der Waals surface area contributed by atoms with Crippen molar-refractivity contribution in [2.45, 2.75) is 12.5 Å². The monoisotopic (exact) mass is 433 g/mol. The zero-order valence-corrected chi connectivity index (χ0v) is 17.8. The summed E-state index contributed by atoms with van der Waals surface area (Å²) >= 11 is 0. The van der Waals surface area contributed by atoms with Crippen molar-refractivity contribution in [3.05, 3.63) is 67.0 Å². The minimum Gasteiger partial charge on any atom is -0.493 e. The average molecular weight is 433 g/mol. The van der Waals surface area contributed by atoms with Crippen molar-refractivity contribution < 1.29 is 13.9 Å². The van der Waals surface area contributed by atoms with Crippen molar-refractivity contribution >= 4 is 16.9 Å². The molecule has 1 saturated heterocycles. The van der Waals surface area contributed by atoms with E-state index in [1.165, 1.54) is 19.5 Å². The summed E-state index contributed by atoms with van der Waals surface area (Å²) in [6.07, 6.45) is 4.27. The van der Waals surface area contributed by atoms with E-state index in [-0.39, 0.29) is 18.4 Å². The number of allylic oxidation sites excluding steroid dienone is 1. The van der Waals surface area contributed by atoms with Crippen LogP contribution < -0.4 is 14.8 Å².